The highest BCUT2D eigenvalue weighted by molar-refractivity contribution is 7.25. The molecule has 0 spiro atoms. The molecule has 0 saturated carbocycles. The molecule has 0 aliphatic heterocycles. The first-order chi connectivity index (χ1) is 32.7. The Balaban J connectivity index is 0.984. The lowest BCUT2D eigenvalue weighted by Gasteiger charge is -2.26. The second-order valence-corrected chi connectivity index (χ2v) is 18.3. The van der Waals surface area contributed by atoms with Gasteiger partial charge in [0.1, 0.15) is 0 Å². The number of benzene rings is 12. The van der Waals surface area contributed by atoms with Crippen LogP contribution in [-0.4, -0.2) is 0 Å². The molecule has 0 aliphatic rings. The fourth-order valence-corrected chi connectivity index (χ4v) is 11.5. The second-order valence-electron chi connectivity index (χ2n) is 17.2. The van der Waals surface area contributed by atoms with Crippen molar-refractivity contribution in [1.82, 2.24) is 0 Å². The Kier molecular flexibility index (Phi) is 9.11. The summed E-state index contributed by atoms with van der Waals surface area (Å²) >= 11 is 1.86. The summed E-state index contributed by atoms with van der Waals surface area (Å²) < 4.78 is 2.60. The van der Waals surface area contributed by atoms with Crippen molar-refractivity contribution in [3.8, 4) is 44.5 Å². The first kappa shape index (κ1) is 38.2. The fourth-order valence-electron chi connectivity index (χ4n) is 10.4. The normalized spacial score (nSPS) is 11.6. The number of rotatable bonds is 7. The van der Waals surface area contributed by atoms with E-state index in [4.69, 9.17) is 0 Å². The number of fused-ring (bicyclic) bond motifs is 9. The van der Waals surface area contributed by atoms with Gasteiger partial charge in [-0.15, -0.1) is 11.3 Å². The second kappa shape index (κ2) is 15.7. The first-order valence-corrected chi connectivity index (χ1v) is 23.5. The largest absolute Gasteiger partial charge is 0.310 e. The molecule has 13 rings (SSSR count). The van der Waals surface area contributed by atoms with Gasteiger partial charge in [-0.25, -0.2) is 0 Å². The van der Waals surface area contributed by atoms with Crippen LogP contribution in [0.4, 0.5) is 17.1 Å². The van der Waals surface area contributed by atoms with Crippen LogP contribution in [0.5, 0.6) is 0 Å². The number of hydrogen-bond donors (Lipinski definition) is 0. The van der Waals surface area contributed by atoms with Crippen molar-refractivity contribution in [2.75, 3.05) is 4.90 Å². The molecule has 2 heteroatoms. The Morgan fingerprint density at radius 3 is 1.58 bits per heavy atom. The van der Waals surface area contributed by atoms with Crippen LogP contribution < -0.4 is 4.90 Å². The third-order valence-corrected chi connectivity index (χ3v) is 14.6. The van der Waals surface area contributed by atoms with E-state index in [0.717, 1.165) is 22.6 Å². The van der Waals surface area contributed by atoms with Crippen molar-refractivity contribution in [1.29, 1.82) is 0 Å². The molecule has 0 bridgehead atoms. The zero-order chi connectivity index (χ0) is 43.6. The van der Waals surface area contributed by atoms with Gasteiger partial charge in [-0.05, 0) is 142 Å². The summed E-state index contributed by atoms with van der Waals surface area (Å²) in [6, 6.07) is 91.6. The highest BCUT2D eigenvalue weighted by Crippen LogP contribution is 2.47. The maximum absolute atomic E-state index is 2.42. The van der Waals surface area contributed by atoms with Crippen molar-refractivity contribution in [3.63, 3.8) is 0 Å². The zero-order valence-corrected chi connectivity index (χ0v) is 36.8. The molecule has 0 N–H and O–H groups in total. The van der Waals surface area contributed by atoms with E-state index in [-0.39, 0.29) is 0 Å². The van der Waals surface area contributed by atoms with Crippen molar-refractivity contribution in [3.05, 3.63) is 249 Å². The Morgan fingerprint density at radius 1 is 0.242 bits per heavy atom. The highest BCUT2D eigenvalue weighted by Gasteiger charge is 2.20. The molecule has 0 fully saturated rings. The fraction of sp³-hybridized carbons (Fsp3) is 0. The quantitative estimate of drug-likeness (QED) is 0.144. The molecule has 0 amide bonds. The summed E-state index contributed by atoms with van der Waals surface area (Å²) in [7, 11) is 0. The van der Waals surface area contributed by atoms with E-state index in [2.05, 4.69) is 254 Å². The first-order valence-electron chi connectivity index (χ1n) is 22.7. The van der Waals surface area contributed by atoms with E-state index in [1.165, 1.54) is 102 Å². The minimum Gasteiger partial charge on any atom is -0.310 e. The van der Waals surface area contributed by atoms with Crippen molar-refractivity contribution in [2.24, 2.45) is 0 Å². The Hall–Kier alpha value is -8.30. The lowest BCUT2D eigenvalue weighted by molar-refractivity contribution is 1.29. The maximum Gasteiger partial charge on any atom is 0.0468 e. The molecule has 0 aliphatic carbocycles. The Labute approximate surface area is 387 Å². The standard InChI is InChI=1S/C64H41NS/c1-3-16-44(17-4-1)63-58-25-10-9-23-54(58)56-37-32-47(40-60(56)64(63)45-18-5-2-6-19-45)46-20-13-21-49(39-46)65(50-35-38-62-59(41-50)57-24-11-12-28-61(57)66-62)48-33-29-43(30-34-48)52-26-14-27-53-51-22-8-7-15-42(51)31-36-55(52)53/h1-41H. The van der Waals surface area contributed by atoms with Crippen LogP contribution in [0.1, 0.15) is 0 Å². The Morgan fingerprint density at radius 2 is 0.773 bits per heavy atom. The predicted octanol–water partition coefficient (Wildman–Crippen LogP) is 18.8. The van der Waals surface area contributed by atoms with Crippen molar-refractivity contribution < 1.29 is 0 Å². The summed E-state index contributed by atoms with van der Waals surface area (Å²) in [5.41, 5.74) is 13.0. The SMILES string of the molecule is c1ccc(-c2c(-c3ccccc3)c3cc(-c4cccc(N(c5ccc(-c6cccc7c6ccc6ccccc67)cc5)c5ccc6sc7ccccc7c6c5)c4)ccc3c3ccccc23)cc1. The van der Waals surface area contributed by atoms with Crippen LogP contribution in [0.3, 0.4) is 0 Å². The minimum atomic E-state index is 1.10. The highest BCUT2D eigenvalue weighted by atomic mass is 32.1. The van der Waals surface area contributed by atoms with E-state index < -0.39 is 0 Å². The summed E-state index contributed by atoms with van der Waals surface area (Å²) in [5.74, 6) is 0. The third kappa shape index (κ3) is 6.37. The maximum atomic E-state index is 2.42. The number of thiophene rings is 1. The Bertz CT molecular complexity index is 3980. The van der Waals surface area contributed by atoms with Gasteiger partial charge in [0, 0.05) is 37.2 Å². The average molecular weight is 856 g/mol. The molecule has 1 nitrogen and oxygen atoms in total. The number of nitrogens with zero attached hydrogens (tertiary/aromatic N) is 1. The molecule has 1 heterocycles. The van der Waals surface area contributed by atoms with E-state index >= 15 is 0 Å². The van der Waals surface area contributed by atoms with Crippen LogP contribution in [0.2, 0.25) is 0 Å². The minimum absolute atomic E-state index is 1.10. The molecule has 0 atom stereocenters. The van der Waals surface area contributed by atoms with Gasteiger partial charge in [0.2, 0.25) is 0 Å². The third-order valence-electron chi connectivity index (χ3n) is 13.4. The van der Waals surface area contributed by atoms with Gasteiger partial charge >= 0.3 is 0 Å². The molecule has 0 radical (unpaired) electrons. The van der Waals surface area contributed by atoms with Crippen molar-refractivity contribution >= 4 is 91.7 Å². The predicted molar refractivity (Wildman–Crippen MR) is 286 cm³/mol. The molecule has 13 aromatic rings. The molecule has 12 aromatic carbocycles. The smallest absolute Gasteiger partial charge is 0.0468 e. The monoisotopic (exact) mass is 855 g/mol. The van der Waals surface area contributed by atoms with Gasteiger partial charge in [0.15, 0.2) is 0 Å². The molecule has 1 aromatic heterocycles. The summed E-state index contributed by atoms with van der Waals surface area (Å²) in [6.45, 7) is 0. The van der Waals surface area contributed by atoms with Crippen molar-refractivity contribution in [2.45, 2.75) is 0 Å². The molecule has 0 saturated heterocycles. The van der Waals surface area contributed by atoms with E-state index in [0.29, 0.717) is 0 Å². The number of anilines is 3. The summed E-state index contributed by atoms with van der Waals surface area (Å²) in [4.78, 5) is 2.42. The molecule has 66 heavy (non-hydrogen) atoms. The molecular weight excluding hydrogens is 815 g/mol. The molecular formula is C64H41NS. The van der Waals surface area contributed by atoms with Gasteiger partial charge in [0.25, 0.3) is 0 Å². The van der Waals surface area contributed by atoms with Crippen LogP contribution >= 0.6 is 11.3 Å². The van der Waals surface area contributed by atoms with Gasteiger partial charge in [-0.3, -0.25) is 0 Å². The summed E-state index contributed by atoms with van der Waals surface area (Å²) in [6.07, 6.45) is 0. The van der Waals surface area contributed by atoms with Gasteiger partial charge in [-0.1, -0.05) is 194 Å². The average Bonchev–Trinajstić information content (AvgIpc) is 3.77. The van der Waals surface area contributed by atoms with Gasteiger partial charge in [-0.2, -0.15) is 0 Å². The van der Waals surface area contributed by atoms with E-state index in [1.807, 2.05) is 11.3 Å². The van der Waals surface area contributed by atoms with E-state index in [1.54, 1.807) is 0 Å². The number of hydrogen-bond acceptors (Lipinski definition) is 2. The van der Waals surface area contributed by atoms with Crippen LogP contribution in [0.15, 0.2) is 249 Å². The zero-order valence-electron chi connectivity index (χ0n) is 36.0. The van der Waals surface area contributed by atoms with Crippen LogP contribution in [0.25, 0.3) is 108 Å². The lowest BCUT2D eigenvalue weighted by Crippen LogP contribution is -2.10. The summed E-state index contributed by atoms with van der Waals surface area (Å²) in [5, 5.41) is 12.7. The van der Waals surface area contributed by atoms with Crippen LogP contribution in [0, 0.1) is 0 Å². The molecule has 0 unspecified atom stereocenters. The van der Waals surface area contributed by atoms with E-state index in [9.17, 15) is 0 Å². The topological polar surface area (TPSA) is 3.24 Å². The van der Waals surface area contributed by atoms with Gasteiger partial charge < -0.3 is 4.90 Å². The molecule has 308 valence electrons. The van der Waals surface area contributed by atoms with Gasteiger partial charge in [0.05, 0.1) is 0 Å². The van der Waals surface area contributed by atoms with Crippen LogP contribution in [-0.2, 0) is 0 Å². The lowest BCUT2D eigenvalue weighted by atomic mass is 9.84.